The van der Waals surface area contributed by atoms with E-state index in [0.29, 0.717) is 13.1 Å². The molecule has 1 atom stereocenters. The highest BCUT2D eigenvalue weighted by Gasteiger charge is 2.17. The summed E-state index contributed by atoms with van der Waals surface area (Å²) in [6.07, 6.45) is 0. The van der Waals surface area contributed by atoms with Crippen LogP contribution < -0.4 is 5.32 Å². The molecule has 0 bridgehead atoms. The zero-order chi connectivity index (χ0) is 12.1. The van der Waals surface area contributed by atoms with Crippen LogP contribution in [-0.2, 0) is 11.3 Å². The van der Waals surface area contributed by atoms with Gasteiger partial charge in [0.05, 0.1) is 6.54 Å². The normalized spacial score (nSPS) is 12.5. The minimum absolute atomic E-state index is 0.0250. The summed E-state index contributed by atoms with van der Waals surface area (Å²) in [6.45, 7) is 4.91. The molecule has 1 aromatic heterocycles. The van der Waals surface area contributed by atoms with E-state index >= 15 is 0 Å². The number of nitrogens with one attached hydrogen (secondary N) is 1. The van der Waals surface area contributed by atoms with Crippen molar-refractivity contribution in [3.8, 4) is 0 Å². The molecule has 0 spiro atoms. The summed E-state index contributed by atoms with van der Waals surface area (Å²) in [5.74, 6) is 0.845. The Labute approximate surface area is 95.8 Å². The minimum atomic E-state index is -0.0250. The maximum atomic E-state index is 11.9. The smallest absolute Gasteiger partial charge is 0.226 e. The van der Waals surface area contributed by atoms with Gasteiger partial charge in [0.25, 0.3) is 0 Å². The molecule has 1 heterocycles. The van der Waals surface area contributed by atoms with Crippen LogP contribution in [0, 0.1) is 12.8 Å². The largest absolute Gasteiger partial charge is 0.361 e. The Kier molecular flexibility index (Phi) is 4.49. The SMILES string of the molecule is CNCC(C)C(=O)N(C)Cc1cc(C)on1. The first-order valence-electron chi connectivity index (χ1n) is 5.36. The van der Waals surface area contributed by atoms with E-state index in [1.54, 1.807) is 11.9 Å². The van der Waals surface area contributed by atoms with Crippen molar-refractivity contribution in [2.45, 2.75) is 20.4 Å². The number of aromatic nitrogens is 1. The number of carbonyl (C=O) groups is 1. The highest BCUT2D eigenvalue weighted by molar-refractivity contribution is 5.78. The Bertz CT molecular complexity index is 349. The fraction of sp³-hybridized carbons (Fsp3) is 0.636. The van der Waals surface area contributed by atoms with E-state index in [9.17, 15) is 4.79 Å². The Morgan fingerprint density at radius 3 is 2.88 bits per heavy atom. The van der Waals surface area contributed by atoms with Crippen molar-refractivity contribution in [2.24, 2.45) is 5.92 Å². The summed E-state index contributed by atoms with van der Waals surface area (Å²) in [7, 11) is 3.61. The summed E-state index contributed by atoms with van der Waals surface area (Å²) in [5, 5.41) is 6.85. The van der Waals surface area contributed by atoms with Crippen LogP contribution in [0.3, 0.4) is 0 Å². The van der Waals surface area contributed by atoms with E-state index < -0.39 is 0 Å². The second kappa shape index (κ2) is 5.65. The van der Waals surface area contributed by atoms with Gasteiger partial charge in [-0.15, -0.1) is 0 Å². The number of rotatable bonds is 5. The van der Waals surface area contributed by atoms with Crippen molar-refractivity contribution in [3.63, 3.8) is 0 Å². The Balaban J connectivity index is 2.51. The molecule has 0 aliphatic rings. The molecule has 0 aliphatic carbocycles. The van der Waals surface area contributed by atoms with Gasteiger partial charge in [0, 0.05) is 25.6 Å². The van der Waals surface area contributed by atoms with Gasteiger partial charge in [0.15, 0.2) is 0 Å². The van der Waals surface area contributed by atoms with Crippen LogP contribution in [0.25, 0.3) is 0 Å². The highest BCUT2D eigenvalue weighted by Crippen LogP contribution is 2.07. The van der Waals surface area contributed by atoms with Gasteiger partial charge in [0.1, 0.15) is 11.5 Å². The molecular formula is C11H19N3O2. The van der Waals surface area contributed by atoms with Crippen LogP contribution in [0.1, 0.15) is 18.4 Å². The molecule has 1 amide bonds. The van der Waals surface area contributed by atoms with E-state index in [0.717, 1.165) is 11.5 Å². The van der Waals surface area contributed by atoms with Crippen LogP contribution in [-0.4, -0.2) is 36.6 Å². The Morgan fingerprint density at radius 1 is 1.69 bits per heavy atom. The molecule has 0 aliphatic heterocycles. The Morgan fingerprint density at radius 2 is 2.38 bits per heavy atom. The second-order valence-corrected chi connectivity index (χ2v) is 4.08. The van der Waals surface area contributed by atoms with Crippen LogP contribution in [0.4, 0.5) is 0 Å². The molecule has 0 saturated carbocycles. The lowest BCUT2D eigenvalue weighted by molar-refractivity contribution is -0.134. The number of nitrogens with zero attached hydrogens (tertiary/aromatic N) is 2. The monoisotopic (exact) mass is 225 g/mol. The molecule has 1 rings (SSSR count). The molecule has 0 fully saturated rings. The van der Waals surface area contributed by atoms with Crippen molar-refractivity contribution in [3.05, 3.63) is 17.5 Å². The first-order valence-corrected chi connectivity index (χ1v) is 5.36. The van der Waals surface area contributed by atoms with Gasteiger partial charge < -0.3 is 14.7 Å². The molecule has 90 valence electrons. The molecule has 16 heavy (non-hydrogen) atoms. The van der Waals surface area contributed by atoms with Crippen molar-refractivity contribution in [2.75, 3.05) is 20.6 Å². The maximum absolute atomic E-state index is 11.9. The summed E-state index contributed by atoms with van der Waals surface area (Å²) in [5.41, 5.74) is 0.782. The fourth-order valence-corrected chi connectivity index (χ4v) is 1.58. The van der Waals surface area contributed by atoms with Crippen LogP contribution in [0.5, 0.6) is 0 Å². The molecule has 1 unspecified atom stereocenters. The number of hydrogen-bond donors (Lipinski definition) is 1. The van der Waals surface area contributed by atoms with Gasteiger partial charge in [-0.2, -0.15) is 0 Å². The van der Waals surface area contributed by atoms with E-state index in [-0.39, 0.29) is 11.8 Å². The minimum Gasteiger partial charge on any atom is -0.361 e. The molecule has 0 aromatic carbocycles. The van der Waals surface area contributed by atoms with E-state index in [1.165, 1.54) is 0 Å². The summed E-state index contributed by atoms with van der Waals surface area (Å²) < 4.78 is 4.95. The van der Waals surface area contributed by atoms with Gasteiger partial charge in [-0.25, -0.2) is 0 Å². The predicted molar refractivity (Wildman–Crippen MR) is 60.8 cm³/mol. The van der Waals surface area contributed by atoms with E-state index in [1.807, 2.05) is 27.0 Å². The highest BCUT2D eigenvalue weighted by atomic mass is 16.5. The average molecular weight is 225 g/mol. The summed E-state index contributed by atoms with van der Waals surface area (Å²) >= 11 is 0. The van der Waals surface area contributed by atoms with Crippen LogP contribution in [0.15, 0.2) is 10.6 Å². The average Bonchev–Trinajstić information content (AvgIpc) is 2.63. The lowest BCUT2D eigenvalue weighted by atomic mass is 10.1. The topological polar surface area (TPSA) is 58.4 Å². The van der Waals surface area contributed by atoms with Crippen molar-refractivity contribution >= 4 is 5.91 Å². The van der Waals surface area contributed by atoms with Gasteiger partial charge in [0.2, 0.25) is 5.91 Å². The second-order valence-electron chi connectivity index (χ2n) is 4.08. The maximum Gasteiger partial charge on any atom is 0.226 e. The molecule has 5 nitrogen and oxygen atoms in total. The van der Waals surface area contributed by atoms with Crippen LogP contribution in [0.2, 0.25) is 0 Å². The zero-order valence-electron chi connectivity index (χ0n) is 10.3. The van der Waals surface area contributed by atoms with E-state index in [2.05, 4.69) is 10.5 Å². The van der Waals surface area contributed by atoms with Gasteiger partial charge in [-0.1, -0.05) is 12.1 Å². The van der Waals surface area contributed by atoms with Gasteiger partial charge in [-0.05, 0) is 14.0 Å². The third-order valence-corrected chi connectivity index (χ3v) is 2.38. The van der Waals surface area contributed by atoms with Gasteiger partial charge in [-0.3, -0.25) is 4.79 Å². The molecule has 5 heteroatoms. The first-order chi connectivity index (χ1) is 7.54. The molecule has 0 saturated heterocycles. The molecule has 1 aromatic rings. The number of aryl methyl sites for hydroxylation is 1. The summed E-state index contributed by atoms with van der Waals surface area (Å²) in [6, 6.07) is 1.84. The first kappa shape index (κ1) is 12.7. The van der Waals surface area contributed by atoms with Crippen molar-refractivity contribution in [1.29, 1.82) is 0 Å². The standard InChI is InChI=1S/C11H19N3O2/c1-8(6-12-3)11(15)14(4)7-10-5-9(2)16-13-10/h5,8,12H,6-7H2,1-4H3. The van der Waals surface area contributed by atoms with Gasteiger partial charge >= 0.3 is 0 Å². The lowest BCUT2D eigenvalue weighted by Gasteiger charge is -2.20. The van der Waals surface area contributed by atoms with Crippen molar-refractivity contribution < 1.29 is 9.32 Å². The zero-order valence-corrected chi connectivity index (χ0v) is 10.3. The third-order valence-electron chi connectivity index (χ3n) is 2.38. The predicted octanol–water partition coefficient (Wildman–Crippen LogP) is 0.797. The third kappa shape index (κ3) is 3.34. The quantitative estimate of drug-likeness (QED) is 0.805. The number of amides is 1. The number of hydrogen-bond acceptors (Lipinski definition) is 4. The fourth-order valence-electron chi connectivity index (χ4n) is 1.58. The summed E-state index contributed by atoms with van der Waals surface area (Å²) in [4.78, 5) is 13.5. The van der Waals surface area contributed by atoms with E-state index in [4.69, 9.17) is 4.52 Å². The van der Waals surface area contributed by atoms with Crippen molar-refractivity contribution in [1.82, 2.24) is 15.4 Å². The molecular weight excluding hydrogens is 206 g/mol. The number of carbonyl (C=O) groups excluding carboxylic acids is 1. The molecule has 0 radical (unpaired) electrons. The Hall–Kier alpha value is -1.36. The lowest BCUT2D eigenvalue weighted by Crippen LogP contribution is -2.35. The molecule has 1 N–H and O–H groups in total. The van der Waals surface area contributed by atoms with Crippen LogP contribution >= 0.6 is 0 Å².